The van der Waals surface area contributed by atoms with E-state index >= 15 is 0 Å². The van der Waals surface area contributed by atoms with Gasteiger partial charge in [0.15, 0.2) is 5.96 Å². The second-order valence-electron chi connectivity index (χ2n) is 6.06. The van der Waals surface area contributed by atoms with E-state index in [4.69, 9.17) is 11.6 Å². The fourth-order valence-corrected chi connectivity index (χ4v) is 3.57. The zero-order valence-corrected chi connectivity index (χ0v) is 15.5. The largest absolute Gasteiger partial charge is 0.352 e. The molecule has 1 saturated carbocycles. The molecule has 0 amide bonds. The van der Waals surface area contributed by atoms with Crippen LogP contribution in [0.4, 0.5) is 0 Å². The number of rotatable bonds is 2. The molecule has 1 aliphatic heterocycles. The molecule has 1 N–H and O–H groups in total. The van der Waals surface area contributed by atoms with E-state index < -0.39 is 0 Å². The van der Waals surface area contributed by atoms with Crippen LogP contribution in [-0.4, -0.2) is 31.0 Å². The lowest BCUT2D eigenvalue weighted by molar-refractivity contribution is 0.151. The molecule has 3 nitrogen and oxygen atoms in total. The number of guanidine groups is 1. The normalized spacial score (nSPS) is 20.1. The van der Waals surface area contributed by atoms with Crippen molar-refractivity contribution in [1.82, 2.24) is 10.2 Å². The number of halogens is 2. The van der Waals surface area contributed by atoms with Crippen molar-refractivity contribution in [2.24, 2.45) is 10.4 Å². The lowest BCUT2D eigenvalue weighted by Gasteiger charge is -2.38. The number of nitrogens with one attached hydrogen (secondary N) is 1. The van der Waals surface area contributed by atoms with Crippen LogP contribution in [0.2, 0.25) is 5.02 Å². The Labute approximate surface area is 149 Å². The Kier molecular flexibility index (Phi) is 5.77. The Balaban J connectivity index is 0.00000161. The molecule has 116 valence electrons. The molecule has 1 saturated heterocycles. The lowest BCUT2D eigenvalue weighted by atomic mass is 9.68. The van der Waals surface area contributed by atoms with Crippen molar-refractivity contribution in [1.29, 1.82) is 0 Å². The molecule has 21 heavy (non-hydrogen) atoms. The summed E-state index contributed by atoms with van der Waals surface area (Å²) in [7, 11) is 1.87. The molecule has 3 rings (SSSR count). The minimum atomic E-state index is 0. The molecule has 2 aliphatic rings. The highest BCUT2D eigenvalue weighted by Gasteiger charge is 2.43. The summed E-state index contributed by atoms with van der Waals surface area (Å²) in [5.74, 6) is 1.02. The van der Waals surface area contributed by atoms with Crippen molar-refractivity contribution in [2.45, 2.75) is 32.2 Å². The van der Waals surface area contributed by atoms with Gasteiger partial charge >= 0.3 is 0 Å². The van der Waals surface area contributed by atoms with E-state index in [1.807, 2.05) is 25.2 Å². The molecule has 1 aromatic rings. The third kappa shape index (κ3) is 3.83. The van der Waals surface area contributed by atoms with Crippen LogP contribution in [-0.2, 0) is 6.54 Å². The third-order valence-corrected chi connectivity index (χ3v) is 4.94. The quantitative estimate of drug-likeness (QED) is 0.447. The number of hydrogen-bond acceptors (Lipinski definition) is 1. The zero-order chi connectivity index (χ0) is 14.0. The first-order valence-electron chi connectivity index (χ1n) is 7.41. The van der Waals surface area contributed by atoms with E-state index in [1.54, 1.807) is 0 Å². The number of aliphatic imine (C=N–C) groups is 1. The Bertz CT molecular complexity index is 514. The fourth-order valence-electron chi connectivity index (χ4n) is 3.36. The maximum absolute atomic E-state index is 6.02. The summed E-state index contributed by atoms with van der Waals surface area (Å²) in [5.41, 5.74) is 1.80. The van der Waals surface area contributed by atoms with Gasteiger partial charge in [-0.3, -0.25) is 4.99 Å². The Morgan fingerprint density at radius 2 is 2.19 bits per heavy atom. The molecule has 1 aromatic carbocycles. The summed E-state index contributed by atoms with van der Waals surface area (Å²) in [6.45, 7) is 3.08. The fraction of sp³-hybridized carbons (Fsp3) is 0.562. The average molecular weight is 420 g/mol. The molecule has 1 heterocycles. The first-order chi connectivity index (χ1) is 9.71. The molecule has 1 spiro atoms. The van der Waals surface area contributed by atoms with Gasteiger partial charge in [-0.1, -0.05) is 30.2 Å². The summed E-state index contributed by atoms with van der Waals surface area (Å²) < 4.78 is 0. The van der Waals surface area contributed by atoms with Crippen LogP contribution in [0, 0.1) is 5.41 Å². The molecule has 5 heteroatoms. The number of hydrogen-bond donors (Lipinski definition) is 1. The first-order valence-corrected chi connectivity index (χ1v) is 7.79. The van der Waals surface area contributed by atoms with E-state index in [9.17, 15) is 0 Å². The van der Waals surface area contributed by atoms with Crippen molar-refractivity contribution < 1.29 is 0 Å². The summed E-state index contributed by atoms with van der Waals surface area (Å²) in [6.07, 6.45) is 5.52. The van der Waals surface area contributed by atoms with Gasteiger partial charge in [0.05, 0.1) is 0 Å². The molecule has 0 aromatic heterocycles. The van der Waals surface area contributed by atoms with Crippen LogP contribution >= 0.6 is 35.6 Å². The molecular weight excluding hydrogens is 397 g/mol. The van der Waals surface area contributed by atoms with Crippen LogP contribution in [0.1, 0.15) is 31.2 Å². The highest BCUT2D eigenvalue weighted by Crippen LogP contribution is 2.47. The smallest absolute Gasteiger partial charge is 0.193 e. The van der Waals surface area contributed by atoms with Gasteiger partial charge in [-0.2, -0.15) is 0 Å². The third-order valence-electron chi connectivity index (χ3n) is 4.70. The van der Waals surface area contributed by atoms with E-state index in [0.717, 1.165) is 24.1 Å². The second kappa shape index (κ2) is 7.18. The van der Waals surface area contributed by atoms with E-state index in [2.05, 4.69) is 21.3 Å². The monoisotopic (exact) mass is 419 g/mol. The van der Waals surface area contributed by atoms with Gasteiger partial charge in [-0.15, -0.1) is 24.0 Å². The highest BCUT2D eigenvalue weighted by molar-refractivity contribution is 14.0. The SMILES string of the molecule is CN=C(NCc1cccc(Cl)c1)N1CCC2(CCC2)C1.I. The average Bonchev–Trinajstić information content (AvgIpc) is 2.85. The molecule has 1 aliphatic carbocycles. The second-order valence-corrected chi connectivity index (χ2v) is 6.49. The minimum Gasteiger partial charge on any atom is -0.352 e. The molecule has 0 radical (unpaired) electrons. The molecule has 0 unspecified atom stereocenters. The predicted octanol–water partition coefficient (Wildman–Crippen LogP) is 3.91. The van der Waals surface area contributed by atoms with Crippen LogP contribution in [0.5, 0.6) is 0 Å². The maximum Gasteiger partial charge on any atom is 0.193 e. The standard InChI is InChI=1S/C16H22ClN3.HI/c1-18-15(19-11-13-4-2-5-14(17)10-13)20-9-8-16(12-20)6-3-7-16;/h2,4-5,10H,3,6-9,11-12H2,1H3,(H,18,19);1H. The van der Waals surface area contributed by atoms with Gasteiger partial charge in [0.2, 0.25) is 0 Å². The minimum absolute atomic E-state index is 0. The lowest BCUT2D eigenvalue weighted by Crippen LogP contribution is -2.42. The molecule has 0 atom stereocenters. The zero-order valence-electron chi connectivity index (χ0n) is 12.4. The van der Waals surface area contributed by atoms with Gasteiger partial charge in [-0.05, 0) is 42.4 Å². The van der Waals surface area contributed by atoms with Crippen LogP contribution < -0.4 is 5.32 Å². The van der Waals surface area contributed by atoms with Crippen molar-refractivity contribution in [2.75, 3.05) is 20.1 Å². The van der Waals surface area contributed by atoms with Gasteiger partial charge in [0.1, 0.15) is 0 Å². The molecule has 0 bridgehead atoms. The summed E-state index contributed by atoms with van der Waals surface area (Å²) in [4.78, 5) is 6.84. The van der Waals surface area contributed by atoms with Crippen LogP contribution in [0.3, 0.4) is 0 Å². The van der Waals surface area contributed by atoms with Gasteiger partial charge in [0.25, 0.3) is 0 Å². The van der Waals surface area contributed by atoms with Gasteiger partial charge in [0, 0.05) is 31.7 Å². The summed E-state index contributed by atoms with van der Waals surface area (Å²) in [6, 6.07) is 7.98. The summed E-state index contributed by atoms with van der Waals surface area (Å²) >= 11 is 6.02. The number of benzene rings is 1. The van der Waals surface area contributed by atoms with Crippen LogP contribution in [0.25, 0.3) is 0 Å². The molecular formula is C16H23ClIN3. The maximum atomic E-state index is 6.02. The Morgan fingerprint density at radius 3 is 2.76 bits per heavy atom. The number of nitrogens with zero attached hydrogens (tertiary/aromatic N) is 2. The van der Waals surface area contributed by atoms with Crippen molar-refractivity contribution >= 4 is 41.5 Å². The van der Waals surface area contributed by atoms with Crippen LogP contribution in [0.15, 0.2) is 29.3 Å². The Morgan fingerprint density at radius 1 is 1.38 bits per heavy atom. The van der Waals surface area contributed by atoms with Crippen molar-refractivity contribution in [3.63, 3.8) is 0 Å². The number of likely N-dealkylation sites (tertiary alicyclic amines) is 1. The van der Waals surface area contributed by atoms with Crippen molar-refractivity contribution in [3.05, 3.63) is 34.9 Å². The predicted molar refractivity (Wildman–Crippen MR) is 99.5 cm³/mol. The van der Waals surface area contributed by atoms with Gasteiger partial charge in [-0.25, -0.2) is 0 Å². The van der Waals surface area contributed by atoms with E-state index in [1.165, 1.54) is 37.8 Å². The van der Waals surface area contributed by atoms with E-state index in [0.29, 0.717) is 5.41 Å². The van der Waals surface area contributed by atoms with Gasteiger partial charge < -0.3 is 10.2 Å². The topological polar surface area (TPSA) is 27.6 Å². The van der Waals surface area contributed by atoms with Crippen molar-refractivity contribution in [3.8, 4) is 0 Å². The van der Waals surface area contributed by atoms with E-state index in [-0.39, 0.29) is 24.0 Å². The highest BCUT2D eigenvalue weighted by atomic mass is 127. The summed E-state index contributed by atoms with van der Waals surface area (Å²) in [5, 5.41) is 4.24. The molecule has 2 fully saturated rings. The Hall–Kier alpha value is -0.490. The first kappa shape index (κ1) is 16.9.